The highest BCUT2D eigenvalue weighted by Gasteiger charge is 2.15. The summed E-state index contributed by atoms with van der Waals surface area (Å²) in [5.41, 5.74) is 2.31. The molecule has 0 aliphatic rings. The van der Waals surface area contributed by atoms with E-state index in [1.54, 1.807) is 43.3 Å². The summed E-state index contributed by atoms with van der Waals surface area (Å²) in [4.78, 5) is 24.7. The maximum Gasteiger partial charge on any atom is 0.338 e. The number of esters is 1. The first-order valence-electron chi connectivity index (χ1n) is 12.7. The number of ether oxygens (including phenoxy) is 3. The molecule has 1 amide bonds. The molecule has 4 aromatic carbocycles. The molecule has 7 nitrogen and oxygen atoms in total. The molecule has 0 aliphatic heterocycles. The number of nitrogens with one attached hydrogen (secondary N) is 1. The van der Waals surface area contributed by atoms with Crippen LogP contribution in [-0.2, 0) is 16.1 Å². The van der Waals surface area contributed by atoms with Crippen molar-refractivity contribution in [1.29, 1.82) is 5.26 Å². The first-order chi connectivity index (χ1) is 19.4. The molecule has 0 saturated carbocycles. The number of benzene rings is 4. The van der Waals surface area contributed by atoms with Crippen molar-refractivity contribution in [2.24, 2.45) is 0 Å². The molecule has 0 aromatic heterocycles. The zero-order chi connectivity index (χ0) is 28.5. The first kappa shape index (κ1) is 28.4. The summed E-state index contributed by atoms with van der Waals surface area (Å²) in [6, 6.07) is 25.9. The number of nitriles is 1. The molecule has 0 fully saturated rings. The first-order valence-corrected chi connectivity index (χ1v) is 13.5. The second-order valence-corrected chi connectivity index (χ2v) is 9.46. The number of carbonyl (C=O) groups excluding carboxylic acids is 2. The molecule has 0 radical (unpaired) electrons. The Balaban J connectivity index is 1.54. The minimum absolute atomic E-state index is 0.109. The lowest BCUT2D eigenvalue weighted by Gasteiger charge is -2.15. The monoisotopic (exact) mass is 598 g/mol. The van der Waals surface area contributed by atoms with Crippen molar-refractivity contribution in [3.05, 3.63) is 106 Å². The lowest BCUT2D eigenvalue weighted by molar-refractivity contribution is -0.112. The van der Waals surface area contributed by atoms with Gasteiger partial charge in [0, 0.05) is 10.2 Å². The van der Waals surface area contributed by atoms with Gasteiger partial charge in [-0.1, -0.05) is 58.4 Å². The van der Waals surface area contributed by atoms with E-state index in [1.165, 1.54) is 6.08 Å². The fourth-order valence-corrected chi connectivity index (χ4v) is 4.46. The van der Waals surface area contributed by atoms with Gasteiger partial charge in [0.25, 0.3) is 5.91 Å². The third-order valence-electron chi connectivity index (χ3n) is 5.94. The highest BCUT2D eigenvalue weighted by atomic mass is 79.9. The predicted octanol–water partition coefficient (Wildman–Crippen LogP) is 7.30. The van der Waals surface area contributed by atoms with Crippen molar-refractivity contribution in [3.8, 4) is 17.6 Å². The number of hydrogen-bond donors (Lipinski definition) is 1. The molecule has 0 aliphatic carbocycles. The van der Waals surface area contributed by atoms with E-state index < -0.39 is 11.9 Å². The van der Waals surface area contributed by atoms with Crippen molar-refractivity contribution in [2.45, 2.75) is 20.5 Å². The van der Waals surface area contributed by atoms with E-state index in [9.17, 15) is 14.9 Å². The molecule has 4 aromatic rings. The highest BCUT2D eigenvalue weighted by Crippen LogP contribution is 2.36. The Hall–Kier alpha value is -4.61. The lowest BCUT2D eigenvalue weighted by atomic mass is 10.1. The molecular formula is C32H27BrN2O5. The van der Waals surface area contributed by atoms with Crippen LogP contribution in [0.4, 0.5) is 5.69 Å². The van der Waals surface area contributed by atoms with E-state index in [2.05, 4.69) is 39.4 Å². The van der Waals surface area contributed by atoms with Gasteiger partial charge in [0.15, 0.2) is 11.5 Å². The maximum atomic E-state index is 12.9. The van der Waals surface area contributed by atoms with Crippen LogP contribution < -0.4 is 14.8 Å². The molecule has 4 rings (SSSR count). The van der Waals surface area contributed by atoms with Gasteiger partial charge in [-0.3, -0.25) is 4.79 Å². The van der Waals surface area contributed by atoms with Gasteiger partial charge in [0.1, 0.15) is 18.2 Å². The van der Waals surface area contributed by atoms with Crippen molar-refractivity contribution >= 4 is 50.3 Å². The Morgan fingerprint density at radius 3 is 2.38 bits per heavy atom. The Labute approximate surface area is 241 Å². The minimum Gasteiger partial charge on any atom is -0.490 e. The molecule has 8 heteroatoms. The molecule has 0 spiro atoms. The minimum atomic E-state index is -0.590. The van der Waals surface area contributed by atoms with Crippen LogP contribution in [0.3, 0.4) is 0 Å². The average Bonchev–Trinajstić information content (AvgIpc) is 2.97. The molecular weight excluding hydrogens is 572 g/mol. The molecule has 0 heterocycles. The van der Waals surface area contributed by atoms with E-state index in [4.69, 9.17) is 14.2 Å². The summed E-state index contributed by atoms with van der Waals surface area (Å²) in [6.07, 6.45) is 1.48. The highest BCUT2D eigenvalue weighted by molar-refractivity contribution is 9.10. The second-order valence-electron chi connectivity index (χ2n) is 8.60. The van der Waals surface area contributed by atoms with E-state index in [0.717, 1.165) is 16.3 Å². The van der Waals surface area contributed by atoms with Crippen LogP contribution in [0.1, 0.15) is 35.3 Å². The van der Waals surface area contributed by atoms with Gasteiger partial charge in [-0.15, -0.1) is 0 Å². The largest absolute Gasteiger partial charge is 0.490 e. The second kappa shape index (κ2) is 13.5. The van der Waals surface area contributed by atoms with Gasteiger partial charge in [0.05, 0.1) is 18.8 Å². The summed E-state index contributed by atoms with van der Waals surface area (Å²) in [5.74, 6) is -0.0158. The Morgan fingerprint density at radius 2 is 1.65 bits per heavy atom. The molecule has 40 heavy (non-hydrogen) atoms. The van der Waals surface area contributed by atoms with Crippen LogP contribution in [0.2, 0.25) is 0 Å². The van der Waals surface area contributed by atoms with Gasteiger partial charge in [0.2, 0.25) is 0 Å². The molecule has 202 valence electrons. The van der Waals surface area contributed by atoms with E-state index >= 15 is 0 Å². The lowest BCUT2D eigenvalue weighted by Crippen LogP contribution is -2.13. The van der Waals surface area contributed by atoms with Gasteiger partial charge in [-0.2, -0.15) is 5.26 Å². The maximum absolute atomic E-state index is 12.9. The summed E-state index contributed by atoms with van der Waals surface area (Å²) < 4.78 is 17.6. The number of anilines is 1. The van der Waals surface area contributed by atoms with Crippen molar-refractivity contribution in [2.75, 3.05) is 18.5 Å². The normalized spacial score (nSPS) is 11.0. The smallest absolute Gasteiger partial charge is 0.338 e. The van der Waals surface area contributed by atoms with Gasteiger partial charge in [-0.25, -0.2) is 4.79 Å². The van der Waals surface area contributed by atoms with Crippen molar-refractivity contribution in [1.82, 2.24) is 0 Å². The number of hydrogen-bond acceptors (Lipinski definition) is 6. The third-order valence-corrected chi connectivity index (χ3v) is 6.63. The Bertz CT molecular complexity index is 1600. The van der Waals surface area contributed by atoms with Crippen LogP contribution in [-0.4, -0.2) is 25.1 Å². The molecule has 0 unspecified atom stereocenters. The van der Waals surface area contributed by atoms with Gasteiger partial charge < -0.3 is 19.5 Å². The van der Waals surface area contributed by atoms with Crippen LogP contribution in [0.15, 0.2) is 88.9 Å². The summed E-state index contributed by atoms with van der Waals surface area (Å²) >= 11 is 3.54. The molecule has 0 saturated heterocycles. The average molecular weight is 599 g/mol. The summed E-state index contributed by atoms with van der Waals surface area (Å²) in [7, 11) is 0. The number of halogens is 1. The van der Waals surface area contributed by atoms with Crippen LogP contribution in [0.5, 0.6) is 11.5 Å². The van der Waals surface area contributed by atoms with Crippen LogP contribution in [0.25, 0.3) is 16.8 Å². The summed E-state index contributed by atoms with van der Waals surface area (Å²) in [5, 5.41) is 14.6. The van der Waals surface area contributed by atoms with E-state index in [1.807, 2.05) is 37.3 Å². The van der Waals surface area contributed by atoms with E-state index in [0.29, 0.717) is 46.0 Å². The fourth-order valence-electron chi connectivity index (χ4n) is 4.02. The Morgan fingerprint density at radius 1 is 0.925 bits per heavy atom. The predicted molar refractivity (Wildman–Crippen MR) is 158 cm³/mol. The van der Waals surface area contributed by atoms with Gasteiger partial charge in [-0.05, 0) is 78.2 Å². The van der Waals surface area contributed by atoms with E-state index in [-0.39, 0.29) is 12.2 Å². The topological polar surface area (TPSA) is 97.7 Å². The Kier molecular flexibility index (Phi) is 9.55. The number of fused-ring (bicyclic) bond motifs is 1. The number of amides is 1. The molecule has 1 N–H and O–H groups in total. The fraction of sp³-hybridized carbons (Fsp3) is 0.156. The third kappa shape index (κ3) is 6.87. The number of rotatable bonds is 10. The zero-order valence-corrected chi connectivity index (χ0v) is 23.7. The SMILES string of the molecule is CCOC(=O)c1ccc(NC(=O)/C(C#N)=C/c2cc(OCC)c(OCc3cccc4ccccc34)cc2Br)cc1. The molecule has 0 atom stereocenters. The zero-order valence-electron chi connectivity index (χ0n) is 22.1. The molecule has 0 bridgehead atoms. The van der Waals surface area contributed by atoms with Crippen molar-refractivity contribution in [3.63, 3.8) is 0 Å². The quantitative estimate of drug-likeness (QED) is 0.117. The standard InChI is InChI=1S/C32H27BrN2O5/c1-3-38-29-17-24(16-25(19-34)31(36)35-26-14-12-22(13-15-26)32(37)39-4-2)28(33)18-30(29)40-20-23-10-7-9-21-8-5-6-11-27(21)23/h5-18H,3-4,20H2,1-2H3,(H,35,36)/b25-16+. The van der Waals surface area contributed by atoms with Crippen LogP contribution >= 0.6 is 15.9 Å². The number of nitrogens with zero attached hydrogens (tertiary/aromatic N) is 1. The van der Waals surface area contributed by atoms with Crippen molar-refractivity contribution < 1.29 is 23.8 Å². The van der Waals surface area contributed by atoms with Gasteiger partial charge >= 0.3 is 5.97 Å². The number of carbonyl (C=O) groups is 2. The van der Waals surface area contributed by atoms with Crippen LogP contribution in [0, 0.1) is 11.3 Å². The summed E-state index contributed by atoms with van der Waals surface area (Å²) in [6.45, 7) is 4.61.